The van der Waals surface area contributed by atoms with Gasteiger partial charge in [-0.15, -0.1) is 0 Å². The Balaban J connectivity index is 1.82. The average molecular weight is 414 g/mol. The van der Waals surface area contributed by atoms with E-state index < -0.39 is 18.0 Å². The normalized spacial score (nSPS) is 14.1. The third kappa shape index (κ3) is 4.45. The Morgan fingerprint density at radius 2 is 1.90 bits per heavy atom. The highest BCUT2D eigenvalue weighted by molar-refractivity contribution is 5.83. The van der Waals surface area contributed by atoms with Gasteiger partial charge in [-0.1, -0.05) is 13.8 Å². The third-order valence-electron chi connectivity index (χ3n) is 5.12. The predicted octanol–water partition coefficient (Wildman–Crippen LogP) is 1.71. The molecule has 1 aromatic carbocycles. The highest BCUT2D eigenvalue weighted by Gasteiger charge is 2.30. The zero-order valence-electron chi connectivity index (χ0n) is 17.5. The number of carbonyl (C=O) groups is 2. The zero-order valence-corrected chi connectivity index (χ0v) is 17.5. The number of amides is 2. The van der Waals surface area contributed by atoms with E-state index in [0.717, 1.165) is 5.56 Å². The van der Waals surface area contributed by atoms with Gasteiger partial charge in [0.2, 0.25) is 0 Å². The molecule has 0 fully saturated rings. The van der Waals surface area contributed by atoms with Crippen LogP contribution in [0.25, 0.3) is 11.4 Å². The number of H-pyrrole nitrogens is 1. The molecule has 2 N–H and O–H groups in total. The predicted molar refractivity (Wildman–Crippen MR) is 110 cm³/mol. The zero-order chi connectivity index (χ0) is 21.8. The lowest BCUT2D eigenvalue weighted by Gasteiger charge is -2.30. The fourth-order valence-corrected chi connectivity index (χ4v) is 3.35. The summed E-state index contributed by atoms with van der Waals surface area (Å²) >= 11 is 0. The number of aromatic nitrogens is 2. The van der Waals surface area contributed by atoms with Crippen LogP contribution in [0.4, 0.5) is 4.79 Å². The molecule has 9 heteroatoms. The second kappa shape index (κ2) is 8.98. The monoisotopic (exact) mass is 414 g/mol. The summed E-state index contributed by atoms with van der Waals surface area (Å²) in [5.41, 5.74) is 1.65. The van der Waals surface area contributed by atoms with E-state index in [1.165, 1.54) is 7.11 Å². The number of rotatable bonds is 5. The van der Waals surface area contributed by atoms with Crippen LogP contribution in [-0.4, -0.2) is 53.7 Å². The molecule has 2 heterocycles. The van der Waals surface area contributed by atoms with Gasteiger partial charge in [0.1, 0.15) is 17.6 Å². The highest BCUT2D eigenvalue weighted by atomic mass is 16.5. The molecule has 1 atom stereocenters. The van der Waals surface area contributed by atoms with Gasteiger partial charge < -0.3 is 24.7 Å². The quantitative estimate of drug-likeness (QED) is 0.720. The maximum absolute atomic E-state index is 12.7. The van der Waals surface area contributed by atoms with Gasteiger partial charge in [-0.3, -0.25) is 4.79 Å². The van der Waals surface area contributed by atoms with E-state index in [1.807, 2.05) is 13.8 Å². The van der Waals surface area contributed by atoms with Crippen molar-refractivity contribution in [1.82, 2.24) is 20.2 Å². The Morgan fingerprint density at radius 3 is 2.50 bits per heavy atom. The van der Waals surface area contributed by atoms with E-state index in [2.05, 4.69) is 15.3 Å². The van der Waals surface area contributed by atoms with Gasteiger partial charge in [0, 0.05) is 17.7 Å². The van der Waals surface area contributed by atoms with Crippen molar-refractivity contribution in [1.29, 1.82) is 0 Å². The molecule has 0 unspecified atom stereocenters. The molecule has 2 amide bonds. The van der Waals surface area contributed by atoms with E-state index in [0.29, 0.717) is 35.8 Å². The number of hydrogen-bond acceptors (Lipinski definition) is 6. The molecule has 160 valence electrons. The van der Waals surface area contributed by atoms with Crippen LogP contribution >= 0.6 is 0 Å². The molecule has 9 nitrogen and oxygen atoms in total. The van der Waals surface area contributed by atoms with Gasteiger partial charge in [0.25, 0.3) is 5.56 Å². The number of aromatic amines is 1. The molecular weight excluding hydrogens is 388 g/mol. The highest BCUT2D eigenvalue weighted by Crippen LogP contribution is 2.21. The third-order valence-corrected chi connectivity index (χ3v) is 5.12. The van der Waals surface area contributed by atoms with Gasteiger partial charge in [0.15, 0.2) is 0 Å². The lowest BCUT2D eigenvalue weighted by atomic mass is 10.0. The summed E-state index contributed by atoms with van der Waals surface area (Å²) in [6.07, 6.45) is 0.387. The molecule has 1 aliphatic heterocycles. The second-order valence-electron chi connectivity index (χ2n) is 7.43. The number of ether oxygens (including phenoxy) is 2. The molecule has 1 aromatic heterocycles. The van der Waals surface area contributed by atoms with Crippen LogP contribution in [0.5, 0.6) is 5.75 Å². The molecule has 0 saturated heterocycles. The summed E-state index contributed by atoms with van der Waals surface area (Å²) in [6, 6.07) is 6.05. The van der Waals surface area contributed by atoms with Crippen molar-refractivity contribution >= 4 is 12.0 Å². The molecule has 0 saturated carbocycles. The number of urea groups is 1. The first-order valence-corrected chi connectivity index (χ1v) is 9.73. The lowest BCUT2D eigenvalue weighted by Crippen LogP contribution is -2.52. The van der Waals surface area contributed by atoms with E-state index in [9.17, 15) is 14.4 Å². The van der Waals surface area contributed by atoms with Gasteiger partial charge in [0.05, 0.1) is 26.5 Å². The van der Waals surface area contributed by atoms with Gasteiger partial charge in [-0.05, 0) is 36.6 Å². The number of hydrogen-bond donors (Lipinski definition) is 2. The Hall–Kier alpha value is -3.36. The Labute approximate surface area is 174 Å². The lowest BCUT2D eigenvalue weighted by molar-refractivity contribution is -0.144. The van der Waals surface area contributed by atoms with Crippen molar-refractivity contribution in [3.8, 4) is 17.1 Å². The summed E-state index contributed by atoms with van der Waals surface area (Å²) in [7, 11) is 2.87. The van der Waals surface area contributed by atoms with E-state index in [4.69, 9.17) is 9.47 Å². The van der Waals surface area contributed by atoms with Crippen molar-refractivity contribution in [2.45, 2.75) is 32.9 Å². The molecule has 0 aliphatic carbocycles. The fourth-order valence-electron chi connectivity index (χ4n) is 3.35. The van der Waals surface area contributed by atoms with Crippen molar-refractivity contribution in [2.75, 3.05) is 20.8 Å². The first kappa shape index (κ1) is 21.4. The van der Waals surface area contributed by atoms with Crippen LogP contribution in [-0.2, 0) is 22.5 Å². The number of carbonyl (C=O) groups excluding carboxylic acids is 2. The minimum Gasteiger partial charge on any atom is -0.497 e. The van der Waals surface area contributed by atoms with Crippen LogP contribution in [0.15, 0.2) is 29.1 Å². The minimum atomic E-state index is -0.745. The summed E-state index contributed by atoms with van der Waals surface area (Å²) in [5, 5.41) is 2.73. The molecule has 2 aromatic rings. The largest absolute Gasteiger partial charge is 0.497 e. The van der Waals surface area contributed by atoms with E-state index in [-0.39, 0.29) is 18.0 Å². The molecule has 0 spiro atoms. The molecule has 1 aliphatic rings. The summed E-state index contributed by atoms with van der Waals surface area (Å²) < 4.78 is 9.93. The molecule has 0 radical (unpaired) electrons. The summed E-state index contributed by atoms with van der Waals surface area (Å²) in [4.78, 5) is 46.2. The number of esters is 1. The number of nitrogens with one attached hydrogen (secondary N) is 2. The van der Waals surface area contributed by atoms with Crippen LogP contribution in [0.1, 0.15) is 25.1 Å². The van der Waals surface area contributed by atoms with Crippen molar-refractivity contribution in [3.63, 3.8) is 0 Å². The van der Waals surface area contributed by atoms with Crippen LogP contribution in [0, 0.1) is 5.92 Å². The van der Waals surface area contributed by atoms with E-state index in [1.54, 1.807) is 36.3 Å². The SMILES string of the molecule is COC(=O)[C@H](NC(=O)N1CCc2c(nc(-c3ccc(OC)cc3)[nH]c2=O)C1)C(C)C. The van der Waals surface area contributed by atoms with Crippen LogP contribution < -0.4 is 15.6 Å². The Bertz CT molecular complexity index is 984. The summed E-state index contributed by atoms with van der Waals surface area (Å²) in [5.74, 6) is 0.513. The molecule has 0 bridgehead atoms. The van der Waals surface area contributed by atoms with Crippen molar-refractivity contribution in [2.24, 2.45) is 5.92 Å². The number of benzene rings is 1. The van der Waals surface area contributed by atoms with Crippen LogP contribution in [0.3, 0.4) is 0 Å². The van der Waals surface area contributed by atoms with Gasteiger partial charge in [-0.25, -0.2) is 14.6 Å². The fraction of sp³-hybridized carbons (Fsp3) is 0.429. The topological polar surface area (TPSA) is 114 Å². The maximum atomic E-state index is 12.7. The average Bonchev–Trinajstić information content (AvgIpc) is 2.76. The van der Waals surface area contributed by atoms with Gasteiger partial charge >= 0.3 is 12.0 Å². The first-order valence-electron chi connectivity index (χ1n) is 9.73. The molecule has 3 rings (SSSR count). The number of fused-ring (bicyclic) bond motifs is 1. The van der Waals surface area contributed by atoms with Crippen molar-refractivity contribution in [3.05, 3.63) is 45.9 Å². The standard InChI is InChI=1S/C21H26N4O5/c1-12(2)17(20(27)30-4)23-21(28)25-10-9-15-16(11-25)22-18(24-19(15)26)13-5-7-14(29-3)8-6-13/h5-8,12,17H,9-11H2,1-4H3,(H,23,28)(H,22,24,26)/t17-/m1/s1. The van der Waals surface area contributed by atoms with Gasteiger partial charge in [-0.2, -0.15) is 0 Å². The second-order valence-corrected chi connectivity index (χ2v) is 7.43. The van der Waals surface area contributed by atoms with Crippen molar-refractivity contribution < 1.29 is 19.1 Å². The number of methoxy groups -OCH3 is 2. The number of nitrogens with zero attached hydrogens (tertiary/aromatic N) is 2. The smallest absolute Gasteiger partial charge is 0.328 e. The maximum Gasteiger partial charge on any atom is 0.328 e. The molecular formula is C21H26N4O5. The Kier molecular flexibility index (Phi) is 6.39. The van der Waals surface area contributed by atoms with Crippen LogP contribution in [0.2, 0.25) is 0 Å². The van der Waals surface area contributed by atoms with E-state index >= 15 is 0 Å². The molecule has 30 heavy (non-hydrogen) atoms. The summed E-state index contributed by atoms with van der Waals surface area (Å²) in [6.45, 7) is 4.20. The first-order chi connectivity index (χ1) is 14.3. The Morgan fingerprint density at radius 1 is 1.20 bits per heavy atom. The minimum absolute atomic E-state index is 0.124.